The third-order valence-corrected chi connectivity index (χ3v) is 6.26. The second kappa shape index (κ2) is 13.1. The molecule has 0 fully saturated rings. The predicted octanol–water partition coefficient (Wildman–Crippen LogP) is 6.52. The lowest BCUT2D eigenvalue weighted by Crippen LogP contribution is -2.21. The van der Waals surface area contributed by atoms with E-state index in [0.717, 1.165) is 11.1 Å². The molecule has 0 aliphatic rings. The summed E-state index contributed by atoms with van der Waals surface area (Å²) < 4.78 is 12.2. The van der Waals surface area contributed by atoms with Crippen LogP contribution in [-0.2, 0) is 9.59 Å². The number of ether oxygens (including phenoxy) is 2. The molecule has 0 aromatic heterocycles. The van der Waals surface area contributed by atoms with Gasteiger partial charge in [-0.25, -0.2) is 0 Å². The predicted molar refractivity (Wildman–Crippen MR) is 154 cm³/mol. The minimum absolute atomic E-state index is 0.0639. The van der Waals surface area contributed by atoms with Crippen LogP contribution in [0.2, 0.25) is 5.02 Å². The lowest BCUT2D eigenvalue weighted by atomic mass is 10.1. The monoisotopic (exact) mass is 629 g/mol. The molecule has 2 amide bonds. The molecule has 37 heavy (non-hydrogen) atoms. The highest BCUT2D eigenvalue weighted by Gasteiger charge is 2.16. The fourth-order valence-electron chi connectivity index (χ4n) is 3.42. The Bertz CT molecular complexity index is 1400. The van der Waals surface area contributed by atoms with Gasteiger partial charge in [0, 0.05) is 5.69 Å². The minimum atomic E-state index is -0.515. The van der Waals surface area contributed by atoms with Crippen molar-refractivity contribution in [3.05, 3.63) is 85.5 Å². The number of carbonyl (C=O) groups excluding carboxylic acids is 2. The number of nitrogens with one attached hydrogen (secondary N) is 2. The first-order valence-corrected chi connectivity index (χ1v) is 12.8. The maximum Gasteiger partial charge on any atom is 0.266 e. The van der Waals surface area contributed by atoms with Gasteiger partial charge in [0.1, 0.15) is 11.6 Å². The van der Waals surface area contributed by atoms with Gasteiger partial charge in [0.15, 0.2) is 18.1 Å². The van der Waals surface area contributed by atoms with E-state index in [1.54, 1.807) is 36.4 Å². The van der Waals surface area contributed by atoms with Crippen molar-refractivity contribution in [1.82, 2.24) is 0 Å². The Labute approximate surface area is 234 Å². The Hall–Kier alpha value is -3.55. The number of para-hydroxylation sites is 1. The zero-order valence-electron chi connectivity index (χ0n) is 20.5. The number of hydrogen-bond donors (Lipinski definition) is 2. The van der Waals surface area contributed by atoms with Gasteiger partial charge < -0.3 is 20.1 Å². The number of benzene rings is 3. The van der Waals surface area contributed by atoms with E-state index in [4.69, 9.17) is 21.1 Å². The van der Waals surface area contributed by atoms with E-state index < -0.39 is 5.91 Å². The molecule has 0 atom stereocenters. The fraction of sp³-hybridized carbons (Fsp3) is 0.179. The van der Waals surface area contributed by atoms with E-state index in [-0.39, 0.29) is 18.1 Å². The summed E-state index contributed by atoms with van der Waals surface area (Å²) in [6, 6.07) is 17.9. The number of hydrogen-bond acceptors (Lipinski definition) is 5. The first-order valence-electron chi connectivity index (χ1n) is 11.4. The van der Waals surface area contributed by atoms with E-state index in [9.17, 15) is 14.9 Å². The second-order valence-corrected chi connectivity index (χ2v) is 9.59. The van der Waals surface area contributed by atoms with Crippen LogP contribution < -0.4 is 20.1 Å². The molecule has 2 N–H and O–H groups in total. The van der Waals surface area contributed by atoms with E-state index >= 15 is 0 Å². The quantitative estimate of drug-likeness (QED) is 0.159. The number of nitrogens with zero attached hydrogens (tertiary/aromatic N) is 1. The third kappa shape index (κ3) is 7.71. The number of amides is 2. The molecule has 3 rings (SSSR count). The fourth-order valence-corrected chi connectivity index (χ4v) is 4.38. The first-order chi connectivity index (χ1) is 17.7. The van der Waals surface area contributed by atoms with E-state index in [1.165, 1.54) is 6.08 Å². The van der Waals surface area contributed by atoms with Gasteiger partial charge >= 0.3 is 0 Å². The Morgan fingerprint density at radius 1 is 1.05 bits per heavy atom. The smallest absolute Gasteiger partial charge is 0.266 e. The zero-order chi connectivity index (χ0) is 26.9. The Morgan fingerprint density at radius 2 is 1.81 bits per heavy atom. The molecule has 7 nitrogen and oxygen atoms in total. The van der Waals surface area contributed by atoms with Gasteiger partial charge in [-0.3, -0.25) is 9.59 Å². The average molecular weight is 630 g/mol. The van der Waals surface area contributed by atoms with Crippen molar-refractivity contribution in [3.63, 3.8) is 0 Å². The van der Waals surface area contributed by atoms with Crippen LogP contribution in [0.25, 0.3) is 6.08 Å². The molecule has 0 spiro atoms. The van der Waals surface area contributed by atoms with Gasteiger partial charge in [0.05, 0.1) is 20.9 Å². The number of halogens is 2. The Balaban J connectivity index is 1.79. The van der Waals surface area contributed by atoms with Crippen LogP contribution in [0.4, 0.5) is 11.4 Å². The highest BCUT2D eigenvalue weighted by atomic mass is 127. The van der Waals surface area contributed by atoms with Crippen molar-refractivity contribution in [2.75, 3.05) is 23.8 Å². The van der Waals surface area contributed by atoms with Gasteiger partial charge in [-0.1, -0.05) is 41.4 Å². The number of nitriles is 1. The normalized spacial score (nSPS) is 10.9. The standard InChI is InChI=1S/C28H25ClIN3O4/c1-4-36-25-14-19(12-20(15-31)28(35)33-23-10-9-17(2)11-18(23)3)13-22(30)27(25)37-16-26(34)32-24-8-6-5-7-21(24)29/h5-14H,4,16H2,1-3H3,(H,32,34)(H,33,35)/b20-12+. The first kappa shape index (κ1) is 28.0. The lowest BCUT2D eigenvalue weighted by molar-refractivity contribution is -0.118. The second-order valence-electron chi connectivity index (χ2n) is 8.02. The Morgan fingerprint density at radius 3 is 2.49 bits per heavy atom. The summed E-state index contributed by atoms with van der Waals surface area (Å²) in [4.78, 5) is 25.2. The molecule has 0 bridgehead atoms. The number of carbonyl (C=O) groups is 2. The molecule has 3 aromatic rings. The summed E-state index contributed by atoms with van der Waals surface area (Å²) in [6.07, 6.45) is 1.48. The van der Waals surface area contributed by atoms with Gasteiger partial charge in [-0.05, 0) is 90.9 Å². The number of aryl methyl sites for hydroxylation is 2. The van der Waals surface area contributed by atoms with Crippen LogP contribution in [0.5, 0.6) is 11.5 Å². The summed E-state index contributed by atoms with van der Waals surface area (Å²) in [7, 11) is 0. The topological polar surface area (TPSA) is 100 Å². The Kier molecular flexibility index (Phi) is 9.94. The third-order valence-electron chi connectivity index (χ3n) is 5.13. The van der Waals surface area contributed by atoms with Crippen LogP contribution in [0.15, 0.2) is 60.2 Å². The summed E-state index contributed by atoms with van der Waals surface area (Å²) in [5, 5.41) is 15.6. The van der Waals surface area contributed by atoms with Crippen LogP contribution in [0.1, 0.15) is 23.6 Å². The van der Waals surface area contributed by atoms with Crippen LogP contribution in [0.3, 0.4) is 0 Å². The maximum atomic E-state index is 12.8. The van der Waals surface area contributed by atoms with Crippen molar-refractivity contribution >= 4 is 63.5 Å². The van der Waals surface area contributed by atoms with E-state index in [1.807, 2.05) is 45.0 Å². The molecular formula is C28H25ClIN3O4. The van der Waals surface area contributed by atoms with Gasteiger partial charge in [-0.2, -0.15) is 5.26 Å². The number of anilines is 2. The molecule has 0 aliphatic heterocycles. The van der Waals surface area contributed by atoms with Crippen molar-refractivity contribution in [2.45, 2.75) is 20.8 Å². The van der Waals surface area contributed by atoms with Gasteiger partial charge in [-0.15, -0.1) is 0 Å². The maximum absolute atomic E-state index is 12.8. The largest absolute Gasteiger partial charge is 0.490 e. The minimum Gasteiger partial charge on any atom is -0.490 e. The van der Waals surface area contributed by atoms with Gasteiger partial charge in [0.2, 0.25) is 0 Å². The highest BCUT2D eigenvalue weighted by Crippen LogP contribution is 2.35. The van der Waals surface area contributed by atoms with Crippen molar-refractivity contribution in [1.29, 1.82) is 5.26 Å². The van der Waals surface area contributed by atoms with Crippen molar-refractivity contribution in [3.8, 4) is 17.6 Å². The zero-order valence-corrected chi connectivity index (χ0v) is 23.4. The van der Waals surface area contributed by atoms with E-state index in [0.29, 0.717) is 43.6 Å². The van der Waals surface area contributed by atoms with Gasteiger partial charge in [0.25, 0.3) is 11.8 Å². The van der Waals surface area contributed by atoms with E-state index in [2.05, 4.69) is 33.2 Å². The van der Waals surface area contributed by atoms with Crippen molar-refractivity contribution < 1.29 is 19.1 Å². The average Bonchev–Trinajstić information content (AvgIpc) is 2.85. The highest BCUT2D eigenvalue weighted by molar-refractivity contribution is 14.1. The molecule has 0 unspecified atom stereocenters. The molecule has 0 saturated heterocycles. The summed E-state index contributed by atoms with van der Waals surface area (Å²) in [5.41, 5.74) is 3.62. The van der Waals surface area contributed by atoms with Crippen LogP contribution in [0, 0.1) is 28.7 Å². The summed E-state index contributed by atoms with van der Waals surface area (Å²) in [5.74, 6) is -0.130. The molecule has 0 radical (unpaired) electrons. The number of rotatable bonds is 9. The molecular weight excluding hydrogens is 605 g/mol. The SMILES string of the molecule is CCOc1cc(/C=C(\C#N)C(=O)Nc2ccc(C)cc2C)cc(I)c1OCC(=O)Nc1ccccc1Cl. The van der Waals surface area contributed by atoms with Crippen LogP contribution >= 0.6 is 34.2 Å². The lowest BCUT2D eigenvalue weighted by Gasteiger charge is -2.15. The molecule has 0 heterocycles. The van der Waals surface area contributed by atoms with Crippen LogP contribution in [-0.4, -0.2) is 25.0 Å². The molecule has 3 aromatic carbocycles. The molecule has 9 heteroatoms. The summed E-state index contributed by atoms with van der Waals surface area (Å²) in [6.45, 7) is 5.77. The molecule has 0 saturated carbocycles. The molecule has 0 aliphatic carbocycles. The van der Waals surface area contributed by atoms with Crippen molar-refractivity contribution in [2.24, 2.45) is 0 Å². The molecule has 190 valence electrons. The summed E-state index contributed by atoms with van der Waals surface area (Å²) >= 11 is 8.15.